The van der Waals surface area contributed by atoms with E-state index in [1.807, 2.05) is 54.8 Å². The summed E-state index contributed by atoms with van der Waals surface area (Å²) in [6, 6.07) is 22.6. The van der Waals surface area contributed by atoms with Crippen LogP contribution in [0.15, 0.2) is 79.3 Å². The molecular weight excluding hydrogens is 376 g/mol. The van der Waals surface area contributed by atoms with Crippen molar-refractivity contribution in [3.8, 4) is 5.75 Å². The minimum atomic E-state index is -0.402. The molecule has 5 nitrogen and oxygen atoms in total. The highest BCUT2D eigenvalue weighted by atomic mass is 16.5. The highest BCUT2D eigenvalue weighted by Crippen LogP contribution is 2.19. The van der Waals surface area contributed by atoms with Gasteiger partial charge in [-0.15, -0.1) is 0 Å². The van der Waals surface area contributed by atoms with E-state index in [0.717, 1.165) is 16.9 Å². The van der Waals surface area contributed by atoms with E-state index in [9.17, 15) is 4.79 Å². The van der Waals surface area contributed by atoms with Crippen LogP contribution in [-0.4, -0.2) is 21.6 Å². The molecule has 0 bridgehead atoms. The zero-order chi connectivity index (χ0) is 20.9. The van der Waals surface area contributed by atoms with Crippen molar-refractivity contribution in [1.82, 2.24) is 9.55 Å². The molecule has 0 aliphatic heterocycles. The Bertz CT molecular complexity index is 1150. The maximum Gasteiger partial charge on any atom is 0.358 e. The van der Waals surface area contributed by atoms with Crippen molar-refractivity contribution >= 4 is 16.7 Å². The van der Waals surface area contributed by atoms with Crippen LogP contribution >= 0.6 is 0 Å². The van der Waals surface area contributed by atoms with Gasteiger partial charge in [0, 0.05) is 12.7 Å². The number of benzene rings is 3. The van der Waals surface area contributed by atoms with Gasteiger partial charge in [-0.2, -0.15) is 0 Å². The Morgan fingerprint density at radius 3 is 2.47 bits per heavy atom. The van der Waals surface area contributed by atoms with Crippen LogP contribution in [0.5, 0.6) is 5.75 Å². The van der Waals surface area contributed by atoms with Crippen LogP contribution in [0, 0.1) is 0 Å². The fourth-order valence-corrected chi connectivity index (χ4v) is 3.22. The molecule has 4 aromatic rings. The smallest absolute Gasteiger partial charge is 0.358 e. The number of carbonyl (C=O) groups excluding carboxylic acids is 1. The second-order valence-electron chi connectivity index (χ2n) is 7.50. The molecule has 30 heavy (non-hydrogen) atoms. The molecule has 0 aliphatic rings. The molecule has 5 heteroatoms. The van der Waals surface area contributed by atoms with Crippen LogP contribution in [0.4, 0.5) is 0 Å². The second kappa shape index (κ2) is 8.82. The zero-order valence-corrected chi connectivity index (χ0v) is 17.1. The first-order valence-corrected chi connectivity index (χ1v) is 9.99. The maximum absolute atomic E-state index is 11.9. The van der Waals surface area contributed by atoms with Crippen molar-refractivity contribution < 1.29 is 14.3 Å². The van der Waals surface area contributed by atoms with Crippen LogP contribution < -0.4 is 4.74 Å². The van der Waals surface area contributed by atoms with Gasteiger partial charge in [0.15, 0.2) is 5.69 Å². The third kappa shape index (κ3) is 4.87. The van der Waals surface area contributed by atoms with Gasteiger partial charge in [0.2, 0.25) is 0 Å². The quantitative estimate of drug-likeness (QED) is 0.399. The van der Waals surface area contributed by atoms with Crippen LogP contribution in [0.2, 0.25) is 0 Å². The number of hydrogen-bond acceptors (Lipinski definition) is 4. The van der Waals surface area contributed by atoms with Crippen molar-refractivity contribution in [2.75, 3.05) is 0 Å². The third-order valence-corrected chi connectivity index (χ3v) is 4.69. The summed E-state index contributed by atoms with van der Waals surface area (Å²) in [4.78, 5) is 16.0. The Morgan fingerprint density at radius 1 is 0.967 bits per heavy atom. The van der Waals surface area contributed by atoms with Crippen LogP contribution in [0.1, 0.15) is 35.5 Å². The van der Waals surface area contributed by atoms with Crippen molar-refractivity contribution in [2.24, 2.45) is 0 Å². The first-order valence-electron chi connectivity index (χ1n) is 9.99. The number of fused-ring (bicyclic) bond motifs is 1. The summed E-state index contributed by atoms with van der Waals surface area (Å²) in [5.41, 5.74) is 2.55. The van der Waals surface area contributed by atoms with Gasteiger partial charge in [-0.3, -0.25) is 0 Å². The topological polar surface area (TPSA) is 53.4 Å². The first kappa shape index (κ1) is 19.7. The Balaban J connectivity index is 1.34. The summed E-state index contributed by atoms with van der Waals surface area (Å²) < 4.78 is 13.0. The molecule has 0 N–H and O–H groups in total. The molecule has 3 aromatic carbocycles. The number of hydrogen-bond donors (Lipinski definition) is 0. The molecule has 0 atom stereocenters. The van der Waals surface area contributed by atoms with Crippen molar-refractivity contribution in [1.29, 1.82) is 0 Å². The van der Waals surface area contributed by atoms with Gasteiger partial charge in [0.1, 0.15) is 12.4 Å². The van der Waals surface area contributed by atoms with Crippen molar-refractivity contribution in [3.05, 3.63) is 96.1 Å². The van der Waals surface area contributed by atoms with E-state index >= 15 is 0 Å². The van der Waals surface area contributed by atoms with Gasteiger partial charge >= 0.3 is 5.97 Å². The lowest BCUT2D eigenvalue weighted by molar-refractivity contribution is 0.0371. The average molecular weight is 400 g/mol. The Kier molecular flexibility index (Phi) is 5.80. The SMILES string of the molecule is CC(C)OC(=O)c1cn(Cc2ccc(OCc3ccc4ccccc4c3)cc2)cn1. The molecule has 4 rings (SSSR count). The van der Waals surface area contributed by atoms with E-state index in [0.29, 0.717) is 18.8 Å². The largest absolute Gasteiger partial charge is 0.489 e. The monoisotopic (exact) mass is 400 g/mol. The average Bonchev–Trinajstić information content (AvgIpc) is 3.21. The summed E-state index contributed by atoms with van der Waals surface area (Å²) in [7, 11) is 0. The number of nitrogens with zero attached hydrogens (tertiary/aromatic N) is 2. The molecule has 0 fully saturated rings. The Hall–Kier alpha value is -3.60. The molecule has 0 amide bonds. The van der Waals surface area contributed by atoms with Crippen LogP contribution in [0.3, 0.4) is 0 Å². The van der Waals surface area contributed by atoms with E-state index in [4.69, 9.17) is 9.47 Å². The first-order chi connectivity index (χ1) is 14.6. The number of aromatic nitrogens is 2. The third-order valence-electron chi connectivity index (χ3n) is 4.69. The summed E-state index contributed by atoms with van der Waals surface area (Å²) in [5.74, 6) is 0.417. The highest BCUT2D eigenvalue weighted by molar-refractivity contribution is 5.87. The van der Waals surface area contributed by atoms with Crippen LogP contribution in [-0.2, 0) is 17.9 Å². The molecule has 1 aromatic heterocycles. The highest BCUT2D eigenvalue weighted by Gasteiger charge is 2.12. The Morgan fingerprint density at radius 2 is 1.70 bits per heavy atom. The van der Waals surface area contributed by atoms with E-state index < -0.39 is 5.97 Å². The minimum Gasteiger partial charge on any atom is -0.489 e. The normalized spacial score (nSPS) is 11.0. The fraction of sp³-hybridized carbons (Fsp3) is 0.200. The number of rotatable bonds is 7. The van der Waals surface area contributed by atoms with Gasteiger partial charge in [-0.25, -0.2) is 9.78 Å². The van der Waals surface area contributed by atoms with Gasteiger partial charge in [0.25, 0.3) is 0 Å². The summed E-state index contributed by atoms with van der Waals surface area (Å²) in [5, 5.41) is 2.44. The second-order valence-corrected chi connectivity index (χ2v) is 7.50. The fourth-order valence-electron chi connectivity index (χ4n) is 3.22. The molecule has 1 heterocycles. The van der Waals surface area contributed by atoms with E-state index in [1.165, 1.54) is 10.8 Å². The molecule has 0 spiro atoms. The van der Waals surface area contributed by atoms with Gasteiger partial charge in [0.05, 0.1) is 12.4 Å². The number of ether oxygens (including phenoxy) is 2. The van der Waals surface area contributed by atoms with Gasteiger partial charge in [-0.05, 0) is 53.9 Å². The number of carbonyl (C=O) groups is 1. The molecule has 0 radical (unpaired) electrons. The minimum absolute atomic E-state index is 0.162. The van der Waals surface area contributed by atoms with Crippen molar-refractivity contribution in [2.45, 2.75) is 33.1 Å². The number of imidazole rings is 1. The Labute approximate surface area is 175 Å². The van der Waals surface area contributed by atoms with E-state index in [-0.39, 0.29) is 6.10 Å². The summed E-state index contributed by atoms with van der Waals surface area (Å²) in [6.07, 6.45) is 3.18. The molecule has 0 saturated heterocycles. The molecular formula is C25H24N2O3. The summed E-state index contributed by atoms with van der Waals surface area (Å²) in [6.45, 7) is 4.77. The van der Waals surface area contributed by atoms with E-state index in [2.05, 4.69) is 35.3 Å². The maximum atomic E-state index is 11.9. The van der Waals surface area contributed by atoms with Gasteiger partial charge < -0.3 is 14.0 Å². The zero-order valence-electron chi connectivity index (χ0n) is 17.1. The predicted molar refractivity (Wildman–Crippen MR) is 117 cm³/mol. The molecule has 152 valence electrons. The lowest BCUT2D eigenvalue weighted by Crippen LogP contribution is -2.11. The van der Waals surface area contributed by atoms with Crippen LogP contribution in [0.25, 0.3) is 10.8 Å². The predicted octanol–water partition coefficient (Wildman–Crippen LogP) is 5.23. The standard InChI is InChI=1S/C25H24N2O3/c1-18(2)30-25(28)24-15-27(17-26-24)14-19-8-11-23(12-9-19)29-16-20-7-10-21-5-3-4-6-22(21)13-20/h3-13,15,17-18H,14,16H2,1-2H3. The van der Waals surface area contributed by atoms with Gasteiger partial charge in [-0.1, -0.05) is 48.5 Å². The van der Waals surface area contributed by atoms with Crippen molar-refractivity contribution in [3.63, 3.8) is 0 Å². The molecule has 0 unspecified atom stereocenters. The van der Waals surface area contributed by atoms with E-state index in [1.54, 1.807) is 12.5 Å². The summed E-state index contributed by atoms with van der Waals surface area (Å²) >= 11 is 0. The number of esters is 1. The molecule has 0 aliphatic carbocycles. The molecule has 0 saturated carbocycles. The lowest BCUT2D eigenvalue weighted by Gasteiger charge is -2.09. The lowest BCUT2D eigenvalue weighted by atomic mass is 10.1.